The predicted octanol–water partition coefficient (Wildman–Crippen LogP) is 3.97. The number of imidazole rings is 1. The Morgan fingerprint density at radius 1 is 0.977 bits per heavy atom. The van der Waals surface area contributed by atoms with E-state index in [1.807, 2.05) is 29.8 Å². The molecule has 0 spiro atoms. The van der Waals surface area contributed by atoms with Gasteiger partial charge in [0.25, 0.3) is 0 Å². The zero-order valence-corrected chi connectivity index (χ0v) is 23.3. The van der Waals surface area contributed by atoms with E-state index in [9.17, 15) is 31.4 Å². The highest BCUT2D eigenvalue weighted by Gasteiger charge is 2.39. The van der Waals surface area contributed by atoms with Gasteiger partial charge in [-0.15, -0.1) is 10.2 Å². The Kier molecular flexibility index (Phi) is 11.0. The van der Waals surface area contributed by atoms with Crippen LogP contribution in [0.1, 0.15) is 32.9 Å². The topological polar surface area (TPSA) is 167 Å². The Bertz CT molecular complexity index is 1360. The molecule has 2 aromatic heterocycles. The SMILES string of the molecule is Cc1cn(-c2ccc(-c3cnc(N4CCC(NC(C)(C)C)C4)nn3)c(O)c2)cn1.O=C(O)C(F)(F)F.O=C(O)C(F)(F)F. The molecule has 1 atom stereocenters. The van der Waals surface area contributed by atoms with Crippen molar-refractivity contribution in [3.05, 3.63) is 42.6 Å². The third-order valence-electron chi connectivity index (χ3n) is 5.41. The highest BCUT2D eigenvalue weighted by molar-refractivity contribution is 5.73. The lowest BCUT2D eigenvalue weighted by Gasteiger charge is -2.25. The van der Waals surface area contributed by atoms with Crippen molar-refractivity contribution in [2.75, 3.05) is 18.0 Å². The van der Waals surface area contributed by atoms with Gasteiger partial charge in [0.1, 0.15) is 11.4 Å². The van der Waals surface area contributed by atoms with Crippen LogP contribution in [0.25, 0.3) is 16.9 Å². The second-order valence-electron chi connectivity index (χ2n) is 10.2. The van der Waals surface area contributed by atoms with Gasteiger partial charge in [-0.2, -0.15) is 26.3 Å². The third kappa shape index (κ3) is 11.0. The fraction of sp³-hybridized carbons (Fsp3) is 0.440. The summed E-state index contributed by atoms with van der Waals surface area (Å²) < 4.78 is 65.3. The van der Waals surface area contributed by atoms with Crippen molar-refractivity contribution in [3.63, 3.8) is 0 Å². The minimum Gasteiger partial charge on any atom is -0.507 e. The number of hydrogen-bond acceptors (Lipinski definition) is 9. The number of carboxylic acids is 2. The van der Waals surface area contributed by atoms with Crippen LogP contribution in [-0.4, -0.2) is 89.0 Å². The van der Waals surface area contributed by atoms with Gasteiger partial charge in [-0.25, -0.2) is 19.6 Å². The number of phenols is 1. The van der Waals surface area contributed by atoms with Crippen LogP contribution in [0.3, 0.4) is 0 Å². The van der Waals surface area contributed by atoms with Crippen molar-refractivity contribution >= 4 is 17.9 Å². The molecule has 1 aromatic carbocycles. The van der Waals surface area contributed by atoms with Crippen molar-refractivity contribution in [3.8, 4) is 22.7 Å². The molecule has 0 radical (unpaired) electrons. The molecule has 3 heterocycles. The predicted molar refractivity (Wildman–Crippen MR) is 140 cm³/mol. The zero-order chi connectivity index (χ0) is 32.8. The summed E-state index contributed by atoms with van der Waals surface area (Å²) in [6, 6.07) is 5.84. The van der Waals surface area contributed by atoms with E-state index in [-0.39, 0.29) is 11.3 Å². The van der Waals surface area contributed by atoms with Gasteiger partial charge in [-0.1, -0.05) is 0 Å². The number of hydrogen-bond donors (Lipinski definition) is 4. The van der Waals surface area contributed by atoms with E-state index in [4.69, 9.17) is 19.8 Å². The quantitative estimate of drug-likeness (QED) is 0.311. The largest absolute Gasteiger partial charge is 0.507 e. The first kappa shape index (κ1) is 34.7. The van der Waals surface area contributed by atoms with Crippen molar-refractivity contribution in [1.29, 1.82) is 0 Å². The van der Waals surface area contributed by atoms with Crippen molar-refractivity contribution in [2.45, 2.75) is 58.0 Å². The Morgan fingerprint density at radius 2 is 1.56 bits per heavy atom. The molecule has 1 unspecified atom stereocenters. The fourth-order valence-electron chi connectivity index (χ4n) is 3.67. The molecule has 1 aliphatic heterocycles. The number of aliphatic carboxylic acids is 2. The van der Waals surface area contributed by atoms with E-state index in [1.54, 1.807) is 18.6 Å². The molecule has 236 valence electrons. The molecule has 4 N–H and O–H groups in total. The number of aromatic hydroxyl groups is 1. The molecule has 1 aliphatic rings. The minimum absolute atomic E-state index is 0.0861. The van der Waals surface area contributed by atoms with Crippen LogP contribution >= 0.6 is 0 Å². The Morgan fingerprint density at radius 3 is 1.98 bits per heavy atom. The van der Waals surface area contributed by atoms with E-state index < -0.39 is 24.3 Å². The summed E-state index contributed by atoms with van der Waals surface area (Å²) in [4.78, 5) is 28.6. The summed E-state index contributed by atoms with van der Waals surface area (Å²) in [6.45, 7) is 10.2. The van der Waals surface area contributed by atoms with Crippen molar-refractivity contribution in [1.82, 2.24) is 30.0 Å². The van der Waals surface area contributed by atoms with Gasteiger partial charge in [0, 0.05) is 42.5 Å². The maximum absolute atomic E-state index is 10.6. The number of phenolic OH excluding ortho intramolecular Hbond substituents is 1. The number of anilines is 1. The molecule has 3 aromatic rings. The molecule has 12 nitrogen and oxygen atoms in total. The molecule has 0 amide bonds. The van der Waals surface area contributed by atoms with Crippen LogP contribution in [0.4, 0.5) is 32.3 Å². The lowest BCUT2D eigenvalue weighted by atomic mass is 10.1. The van der Waals surface area contributed by atoms with Gasteiger partial charge in [-0.05, 0) is 46.2 Å². The molecule has 1 fully saturated rings. The first-order chi connectivity index (χ1) is 19.7. The molecule has 1 saturated heterocycles. The summed E-state index contributed by atoms with van der Waals surface area (Å²) in [5, 5.41) is 37.0. The highest BCUT2D eigenvalue weighted by atomic mass is 19.4. The third-order valence-corrected chi connectivity index (χ3v) is 5.41. The van der Waals surface area contributed by atoms with Crippen molar-refractivity contribution < 1.29 is 51.3 Å². The van der Waals surface area contributed by atoms with Gasteiger partial charge in [0.15, 0.2) is 0 Å². The number of halogens is 6. The normalized spacial score (nSPS) is 15.2. The Hall–Kier alpha value is -4.48. The second-order valence-corrected chi connectivity index (χ2v) is 10.2. The lowest BCUT2D eigenvalue weighted by Crippen LogP contribution is -2.45. The van der Waals surface area contributed by atoms with E-state index in [0.29, 0.717) is 23.2 Å². The van der Waals surface area contributed by atoms with Gasteiger partial charge in [-0.3, -0.25) is 0 Å². The van der Waals surface area contributed by atoms with Gasteiger partial charge in [0.05, 0.1) is 23.9 Å². The molecule has 0 saturated carbocycles. The maximum Gasteiger partial charge on any atom is 0.490 e. The first-order valence-electron chi connectivity index (χ1n) is 12.3. The number of carboxylic acid groups (broad SMARTS) is 2. The number of aromatic nitrogens is 5. The smallest absolute Gasteiger partial charge is 0.490 e. The zero-order valence-electron chi connectivity index (χ0n) is 23.3. The summed E-state index contributed by atoms with van der Waals surface area (Å²) in [5.41, 5.74) is 2.98. The molecule has 43 heavy (non-hydrogen) atoms. The van der Waals surface area contributed by atoms with E-state index in [1.165, 1.54) is 0 Å². The van der Waals surface area contributed by atoms with Crippen molar-refractivity contribution in [2.24, 2.45) is 0 Å². The van der Waals surface area contributed by atoms with Crippen LogP contribution in [0.2, 0.25) is 0 Å². The maximum atomic E-state index is 10.6. The van der Waals surface area contributed by atoms with Crippen LogP contribution in [0.15, 0.2) is 36.9 Å². The average molecular weight is 622 g/mol. The summed E-state index contributed by atoms with van der Waals surface area (Å²) in [6.07, 6.45) is -3.82. The number of nitrogens with zero attached hydrogens (tertiary/aromatic N) is 6. The van der Waals surface area contributed by atoms with Crippen LogP contribution in [-0.2, 0) is 9.59 Å². The highest BCUT2D eigenvalue weighted by Crippen LogP contribution is 2.30. The number of alkyl halides is 6. The lowest BCUT2D eigenvalue weighted by molar-refractivity contribution is -0.193. The Labute approximate surface area is 241 Å². The van der Waals surface area contributed by atoms with E-state index >= 15 is 0 Å². The Balaban J connectivity index is 0.000000384. The summed E-state index contributed by atoms with van der Waals surface area (Å²) in [5.74, 6) is -4.76. The number of rotatable bonds is 4. The average Bonchev–Trinajstić information content (AvgIpc) is 3.52. The monoisotopic (exact) mass is 621 g/mol. The van der Waals surface area contributed by atoms with E-state index in [2.05, 4.69) is 51.2 Å². The molecular weight excluding hydrogens is 592 g/mol. The van der Waals surface area contributed by atoms with Gasteiger partial charge in [0.2, 0.25) is 5.95 Å². The van der Waals surface area contributed by atoms with Crippen LogP contribution in [0, 0.1) is 6.92 Å². The molecular formula is C25H29F6N7O5. The second kappa shape index (κ2) is 13.7. The van der Waals surface area contributed by atoms with Crippen LogP contribution in [0.5, 0.6) is 5.75 Å². The van der Waals surface area contributed by atoms with Gasteiger partial charge < -0.3 is 30.1 Å². The summed E-state index contributed by atoms with van der Waals surface area (Å²) >= 11 is 0. The number of aryl methyl sites for hydroxylation is 1. The van der Waals surface area contributed by atoms with Crippen LogP contribution < -0.4 is 10.2 Å². The van der Waals surface area contributed by atoms with E-state index in [0.717, 1.165) is 30.9 Å². The first-order valence-corrected chi connectivity index (χ1v) is 12.3. The number of benzene rings is 1. The van der Waals surface area contributed by atoms with Gasteiger partial charge >= 0.3 is 24.3 Å². The molecule has 0 bridgehead atoms. The fourth-order valence-corrected chi connectivity index (χ4v) is 3.67. The molecule has 4 rings (SSSR count). The number of carbonyl (C=O) groups is 2. The minimum atomic E-state index is -5.08. The summed E-state index contributed by atoms with van der Waals surface area (Å²) in [7, 11) is 0. The molecule has 0 aliphatic carbocycles. The molecule has 18 heteroatoms. The standard InChI is InChI=1S/C21H27N7O.2C2HF3O2/c1-14-11-28(13-23-14)16-5-6-17(19(29)9-16)18-10-22-20(26-25-18)27-8-7-15(12-27)24-21(2,3)4;2*3-2(4,5)1(6)7/h5-6,9-11,13,15,24,29H,7-8,12H2,1-4H3;2*(H,6,7). The number of nitrogens with one attached hydrogen (secondary N) is 1.